The van der Waals surface area contributed by atoms with Crippen LogP contribution in [0.25, 0.3) is 6.08 Å². The normalized spacial score (nSPS) is 14.7. The summed E-state index contributed by atoms with van der Waals surface area (Å²) < 4.78 is 1.90. The Morgan fingerprint density at radius 1 is 1.26 bits per heavy atom. The minimum atomic E-state index is 0.766. The molecule has 1 aromatic heterocycles. The first kappa shape index (κ1) is 15.4. The monoisotopic (exact) mass is 310 g/mol. The summed E-state index contributed by atoms with van der Waals surface area (Å²) in [6, 6.07) is 10.3. The number of rotatable bonds is 7. The number of benzene rings is 1. The van der Waals surface area contributed by atoms with Gasteiger partial charge in [0, 0.05) is 12.7 Å². The lowest BCUT2D eigenvalue weighted by Crippen LogP contribution is -2.17. The summed E-state index contributed by atoms with van der Waals surface area (Å²) in [5.41, 5.74) is 3.50. The van der Waals surface area contributed by atoms with Crippen LogP contribution in [0.15, 0.2) is 52.4 Å². The van der Waals surface area contributed by atoms with Gasteiger partial charge < -0.3 is 0 Å². The number of nitrogens with zero attached hydrogens (tertiary/aromatic N) is 6. The van der Waals surface area contributed by atoms with Crippen molar-refractivity contribution in [3.63, 3.8) is 0 Å². The fraction of sp³-hybridized carbons (Fsp3) is 0.412. The third-order valence-corrected chi connectivity index (χ3v) is 3.71. The lowest BCUT2D eigenvalue weighted by molar-refractivity contribution is 0.314. The van der Waals surface area contributed by atoms with E-state index < -0.39 is 0 Å². The van der Waals surface area contributed by atoms with E-state index >= 15 is 0 Å². The molecule has 0 atom stereocenters. The van der Waals surface area contributed by atoms with E-state index in [1.807, 2.05) is 34.1 Å². The second kappa shape index (κ2) is 7.67. The van der Waals surface area contributed by atoms with Crippen LogP contribution in [0.1, 0.15) is 24.6 Å². The van der Waals surface area contributed by atoms with E-state index in [2.05, 4.69) is 45.8 Å². The number of hydrogen-bond acceptors (Lipinski definition) is 5. The van der Waals surface area contributed by atoms with Gasteiger partial charge in [0.25, 0.3) is 0 Å². The highest BCUT2D eigenvalue weighted by Crippen LogP contribution is 2.09. The lowest BCUT2D eigenvalue weighted by atomic mass is 10.1. The number of hydrogen-bond donors (Lipinski definition) is 0. The van der Waals surface area contributed by atoms with Crippen molar-refractivity contribution in [3.05, 3.63) is 53.4 Å². The van der Waals surface area contributed by atoms with E-state index in [4.69, 9.17) is 0 Å². The third-order valence-electron chi connectivity index (χ3n) is 3.71. The summed E-state index contributed by atoms with van der Waals surface area (Å²) in [6.07, 6.45) is 6.16. The van der Waals surface area contributed by atoms with Gasteiger partial charge in [0.15, 0.2) is 0 Å². The minimum Gasteiger partial charge on any atom is -0.277 e. The number of aryl methyl sites for hydroxylation is 1. The van der Waals surface area contributed by atoms with Gasteiger partial charge in [-0.05, 0) is 25.3 Å². The Morgan fingerprint density at radius 2 is 2.13 bits per heavy atom. The molecule has 1 aliphatic heterocycles. The first-order valence-corrected chi connectivity index (χ1v) is 8.03. The van der Waals surface area contributed by atoms with Crippen LogP contribution in [-0.4, -0.2) is 39.6 Å². The maximum Gasteiger partial charge on any atom is 0.0827 e. The second-order valence-corrected chi connectivity index (χ2v) is 5.82. The van der Waals surface area contributed by atoms with Crippen LogP contribution in [0.4, 0.5) is 0 Å². The van der Waals surface area contributed by atoms with E-state index in [1.54, 1.807) is 0 Å². The van der Waals surface area contributed by atoms with Gasteiger partial charge in [0.1, 0.15) is 0 Å². The molecule has 6 nitrogen and oxygen atoms in total. The molecule has 120 valence electrons. The van der Waals surface area contributed by atoms with Gasteiger partial charge in [-0.15, -0.1) is 5.10 Å². The molecule has 0 N–H and O–H groups in total. The molecule has 23 heavy (non-hydrogen) atoms. The van der Waals surface area contributed by atoms with E-state index in [0.29, 0.717) is 0 Å². The largest absolute Gasteiger partial charge is 0.277 e. The van der Waals surface area contributed by atoms with Crippen LogP contribution in [-0.2, 0) is 13.0 Å². The molecule has 1 aromatic carbocycles. The zero-order valence-corrected chi connectivity index (χ0v) is 13.5. The van der Waals surface area contributed by atoms with Crippen LogP contribution in [0.3, 0.4) is 0 Å². The standard InChI is InChI=1S/C17H22N6/c1-15(12-16-6-3-2-4-7-16)13-23-14-17(19-21-23)8-5-10-22-11-9-18-20-22/h2-4,6-7,12,14H,5,8-11,13H2,1H3. The van der Waals surface area contributed by atoms with Gasteiger partial charge in [0.2, 0.25) is 0 Å². The molecular weight excluding hydrogens is 288 g/mol. The smallest absolute Gasteiger partial charge is 0.0827 e. The molecule has 2 heterocycles. The fourth-order valence-electron chi connectivity index (χ4n) is 2.60. The van der Waals surface area contributed by atoms with Gasteiger partial charge in [-0.2, -0.15) is 5.11 Å². The molecule has 0 fully saturated rings. The van der Waals surface area contributed by atoms with Crippen molar-refractivity contribution >= 4 is 6.08 Å². The van der Waals surface area contributed by atoms with Crippen LogP contribution in [0.5, 0.6) is 0 Å². The molecule has 0 radical (unpaired) electrons. The molecule has 0 aliphatic carbocycles. The van der Waals surface area contributed by atoms with E-state index in [9.17, 15) is 0 Å². The summed E-state index contributed by atoms with van der Waals surface area (Å²) in [6.45, 7) is 5.58. The molecule has 0 unspecified atom stereocenters. The van der Waals surface area contributed by atoms with Crippen LogP contribution < -0.4 is 0 Å². The average molecular weight is 310 g/mol. The summed E-state index contributed by atoms with van der Waals surface area (Å²) in [5.74, 6) is 0. The quantitative estimate of drug-likeness (QED) is 0.790. The second-order valence-electron chi connectivity index (χ2n) is 5.82. The molecule has 0 amide bonds. The average Bonchev–Trinajstić information content (AvgIpc) is 3.20. The number of allylic oxidation sites excluding steroid dienone is 1. The Morgan fingerprint density at radius 3 is 2.91 bits per heavy atom. The summed E-state index contributed by atoms with van der Waals surface area (Å²) in [5, 5.41) is 18.5. The van der Waals surface area contributed by atoms with Gasteiger partial charge in [-0.3, -0.25) is 5.01 Å². The Balaban J connectivity index is 1.48. The van der Waals surface area contributed by atoms with Crippen molar-refractivity contribution in [1.82, 2.24) is 20.0 Å². The minimum absolute atomic E-state index is 0.766. The van der Waals surface area contributed by atoms with Crippen molar-refractivity contribution < 1.29 is 0 Å². The fourth-order valence-corrected chi connectivity index (χ4v) is 2.60. The number of aromatic nitrogens is 3. The molecule has 0 saturated heterocycles. The molecule has 3 rings (SSSR count). The Labute approximate surface area is 136 Å². The molecule has 2 aromatic rings. The molecule has 0 bridgehead atoms. The van der Waals surface area contributed by atoms with E-state index in [-0.39, 0.29) is 0 Å². The maximum absolute atomic E-state index is 4.25. The van der Waals surface area contributed by atoms with Crippen molar-refractivity contribution in [3.8, 4) is 0 Å². The first-order chi connectivity index (χ1) is 11.3. The first-order valence-electron chi connectivity index (χ1n) is 8.03. The van der Waals surface area contributed by atoms with Gasteiger partial charge in [-0.25, -0.2) is 4.68 Å². The highest BCUT2D eigenvalue weighted by Gasteiger charge is 2.07. The Kier molecular flexibility index (Phi) is 5.13. The molecule has 0 spiro atoms. The molecular formula is C17H22N6. The van der Waals surface area contributed by atoms with Crippen molar-refractivity contribution in [1.29, 1.82) is 0 Å². The summed E-state index contributed by atoms with van der Waals surface area (Å²) in [7, 11) is 0. The van der Waals surface area contributed by atoms with Crippen molar-refractivity contribution in [2.45, 2.75) is 26.3 Å². The topological polar surface area (TPSA) is 58.7 Å². The third kappa shape index (κ3) is 4.74. The Bertz CT molecular complexity index is 673. The van der Waals surface area contributed by atoms with E-state index in [1.165, 1.54) is 11.1 Å². The highest BCUT2D eigenvalue weighted by atomic mass is 15.6. The summed E-state index contributed by atoms with van der Waals surface area (Å²) >= 11 is 0. The zero-order chi connectivity index (χ0) is 15.9. The van der Waals surface area contributed by atoms with Crippen LogP contribution in [0, 0.1) is 0 Å². The predicted molar refractivity (Wildman–Crippen MR) is 89.7 cm³/mol. The Hall–Kier alpha value is -2.50. The highest BCUT2D eigenvalue weighted by molar-refractivity contribution is 5.51. The SMILES string of the molecule is CC(=Cc1ccccc1)Cn1cc(CCCN2CCN=N2)nn1. The van der Waals surface area contributed by atoms with Crippen LogP contribution in [0.2, 0.25) is 0 Å². The lowest BCUT2D eigenvalue weighted by Gasteiger charge is -2.09. The van der Waals surface area contributed by atoms with Crippen molar-refractivity contribution in [2.24, 2.45) is 10.3 Å². The van der Waals surface area contributed by atoms with Gasteiger partial charge >= 0.3 is 0 Å². The van der Waals surface area contributed by atoms with E-state index in [0.717, 1.165) is 44.7 Å². The van der Waals surface area contributed by atoms with Gasteiger partial charge in [0.05, 0.1) is 25.3 Å². The molecule has 1 aliphatic rings. The van der Waals surface area contributed by atoms with Gasteiger partial charge in [-0.1, -0.05) is 52.4 Å². The summed E-state index contributed by atoms with van der Waals surface area (Å²) in [4.78, 5) is 0. The zero-order valence-electron chi connectivity index (χ0n) is 13.5. The molecule has 6 heteroatoms. The van der Waals surface area contributed by atoms with Crippen molar-refractivity contribution in [2.75, 3.05) is 19.6 Å². The molecule has 0 saturated carbocycles. The van der Waals surface area contributed by atoms with Crippen LogP contribution >= 0.6 is 0 Å². The maximum atomic E-state index is 4.25. The predicted octanol–water partition coefficient (Wildman–Crippen LogP) is 3.00.